The highest BCUT2D eigenvalue weighted by Gasteiger charge is 2.53. The molecule has 1 heterocycles. The van der Waals surface area contributed by atoms with Crippen LogP contribution in [0.15, 0.2) is 0 Å². The highest BCUT2D eigenvalue weighted by Crippen LogP contribution is 2.44. The third-order valence-electron chi connectivity index (χ3n) is 2.84. The predicted octanol–water partition coefficient (Wildman–Crippen LogP) is 1.79. The molecule has 15 heavy (non-hydrogen) atoms. The summed E-state index contributed by atoms with van der Waals surface area (Å²) in [5.41, 5.74) is -0.438. The largest absolute Gasteiger partial charge is 0.444 e. The van der Waals surface area contributed by atoms with Crippen molar-refractivity contribution < 1.29 is 14.3 Å². The Balaban J connectivity index is 2.00. The van der Waals surface area contributed by atoms with Crippen LogP contribution in [0.5, 0.6) is 0 Å². The van der Waals surface area contributed by atoms with Crippen LogP contribution >= 0.6 is 0 Å². The Morgan fingerprint density at radius 1 is 1.40 bits per heavy atom. The van der Waals surface area contributed by atoms with Crippen molar-refractivity contribution in [1.82, 2.24) is 4.90 Å². The minimum atomic E-state index is -0.411. The molecule has 1 aliphatic carbocycles. The van der Waals surface area contributed by atoms with Crippen molar-refractivity contribution in [2.24, 2.45) is 0 Å². The van der Waals surface area contributed by atoms with Crippen LogP contribution in [-0.4, -0.2) is 41.9 Å². The van der Waals surface area contributed by atoms with Gasteiger partial charge in [0.1, 0.15) is 5.60 Å². The number of carbonyl (C=O) groups excluding carboxylic acids is 1. The van der Waals surface area contributed by atoms with Crippen molar-refractivity contribution >= 4 is 6.09 Å². The van der Waals surface area contributed by atoms with Crippen molar-refractivity contribution in [3.05, 3.63) is 0 Å². The van der Waals surface area contributed by atoms with E-state index in [1.54, 1.807) is 0 Å². The van der Waals surface area contributed by atoms with E-state index in [0.29, 0.717) is 19.8 Å². The lowest BCUT2D eigenvalue weighted by molar-refractivity contribution is -0.0404. The van der Waals surface area contributed by atoms with Crippen molar-refractivity contribution in [2.45, 2.75) is 44.8 Å². The molecule has 1 saturated heterocycles. The fourth-order valence-electron chi connectivity index (χ4n) is 1.89. The summed E-state index contributed by atoms with van der Waals surface area (Å²) < 4.78 is 10.8. The van der Waals surface area contributed by atoms with Crippen molar-refractivity contribution in [3.63, 3.8) is 0 Å². The number of rotatable bonds is 0. The van der Waals surface area contributed by atoms with E-state index in [-0.39, 0.29) is 11.6 Å². The Hall–Kier alpha value is -0.770. The summed E-state index contributed by atoms with van der Waals surface area (Å²) in [5.74, 6) is 0. The quantitative estimate of drug-likeness (QED) is 0.615. The SMILES string of the molecule is CC(C)(C)OC(=O)N1CCOCC12CC2. The molecule has 0 atom stereocenters. The first-order valence-electron chi connectivity index (χ1n) is 5.51. The van der Waals surface area contributed by atoms with Gasteiger partial charge in [-0.2, -0.15) is 0 Å². The molecule has 2 rings (SSSR count). The van der Waals surface area contributed by atoms with Crippen LogP contribution in [0.2, 0.25) is 0 Å². The monoisotopic (exact) mass is 213 g/mol. The van der Waals surface area contributed by atoms with Crippen LogP contribution < -0.4 is 0 Å². The number of hydrogen-bond acceptors (Lipinski definition) is 3. The first-order valence-corrected chi connectivity index (χ1v) is 5.51. The molecule has 1 spiro atoms. The van der Waals surface area contributed by atoms with E-state index >= 15 is 0 Å². The summed E-state index contributed by atoms with van der Waals surface area (Å²) in [6.07, 6.45) is 1.90. The lowest BCUT2D eigenvalue weighted by atomic mass is 10.2. The number of amides is 1. The number of nitrogens with zero attached hydrogens (tertiary/aromatic N) is 1. The van der Waals surface area contributed by atoms with Crippen molar-refractivity contribution in [2.75, 3.05) is 19.8 Å². The Bertz CT molecular complexity index is 265. The molecule has 0 bridgehead atoms. The lowest BCUT2D eigenvalue weighted by Gasteiger charge is -2.37. The second-order valence-corrected chi connectivity index (χ2v) is 5.41. The van der Waals surface area contributed by atoms with E-state index < -0.39 is 5.60 Å². The van der Waals surface area contributed by atoms with Gasteiger partial charge in [-0.25, -0.2) is 4.79 Å². The van der Waals surface area contributed by atoms with E-state index in [4.69, 9.17) is 9.47 Å². The molecule has 0 aromatic rings. The maximum Gasteiger partial charge on any atom is 0.410 e. The molecule has 0 aromatic heterocycles. The van der Waals surface area contributed by atoms with E-state index in [9.17, 15) is 4.79 Å². The van der Waals surface area contributed by atoms with Gasteiger partial charge in [0.05, 0.1) is 18.8 Å². The second kappa shape index (κ2) is 3.37. The van der Waals surface area contributed by atoms with Gasteiger partial charge < -0.3 is 9.47 Å². The van der Waals surface area contributed by atoms with Gasteiger partial charge in [0.2, 0.25) is 0 Å². The molecule has 4 nitrogen and oxygen atoms in total. The first-order chi connectivity index (χ1) is 6.93. The molecule has 0 unspecified atom stereocenters. The third kappa shape index (κ3) is 2.25. The van der Waals surface area contributed by atoms with Crippen LogP contribution in [0.3, 0.4) is 0 Å². The molecule has 4 heteroatoms. The fraction of sp³-hybridized carbons (Fsp3) is 0.909. The summed E-state index contributed by atoms with van der Waals surface area (Å²) in [6.45, 7) is 7.64. The van der Waals surface area contributed by atoms with Gasteiger partial charge in [0, 0.05) is 6.54 Å². The molecule has 0 N–H and O–H groups in total. The van der Waals surface area contributed by atoms with Crippen LogP contribution in [-0.2, 0) is 9.47 Å². The lowest BCUT2D eigenvalue weighted by Crippen LogP contribution is -2.52. The van der Waals surface area contributed by atoms with Gasteiger partial charge in [-0.3, -0.25) is 4.90 Å². The number of morpholine rings is 1. The average Bonchev–Trinajstić information content (AvgIpc) is 2.83. The maximum absolute atomic E-state index is 11.9. The zero-order chi connectivity index (χ0) is 11.1. The Kier molecular flexibility index (Phi) is 2.41. The van der Waals surface area contributed by atoms with Gasteiger partial charge in [0.15, 0.2) is 0 Å². The van der Waals surface area contributed by atoms with E-state index in [1.807, 2.05) is 25.7 Å². The van der Waals surface area contributed by atoms with Gasteiger partial charge in [-0.15, -0.1) is 0 Å². The van der Waals surface area contributed by atoms with E-state index in [0.717, 1.165) is 12.8 Å². The van der Waals surface area contributed by atoms with Crippen LogP contribution in [0, 0.1) is 0 Å². The molecule has 2 aliphatic rings. The summed E-state index contributed by atoms with van der Waals surface area (Å²) in [7, 11) is 0. The normalized spacial score (nSPS) is 24.1. The van der Waals surface area contributed by atoms with Crippen molar-refractivity contribution in [3.8, 4) is 0 Å². The third-order valence-corrected chi connectivity index (χ3v) is 2.84. The summed E-state index contributed by atoms with van der Waals surface area (Å²) in [5, 5.41) is 0. The maximum atomic E-state index is 11.9. The van der Waals surface area contributed by atoms with Crippen LogP contribution in [0.25, 0.3) is 0 Å². The predicted molar refractivity (Wildman–Crippen MR) is 55.7 cm³/mol. The number of carbonyl (C=O) groups is 1. The average molecular weight is 213 g/mol. The Morgan fingerprint density at radius 2 is 2.07 bits per heavy atom. The highest BCUT2D eigenvalue weighted by atomic mass is 16.6. The zero-order valence-corrected chi connectivity index (χ0v) is 9.71. The molecule has 86 valence electrons. The van der Waals surface area contributed by atoms with Gasteiger partial charge >= 0.3 is 6.09 Å². The smallest absolute Gasteiger partial charge is 0.410 e. The standard InChI is InChI=1S/C11H19NO3/c1-10(2,3)15-9(13)12-6-7-14-8-11(12)4-5-11/h4-8H2,1-3H3. The molecular weight excluding hydrogens is 194 g/mol. The summed E-state index contributed by atoms with van der Waals surface area (Å²) in [4.78, 5) is 13.8. The minimum Gasteiger partial charge on any atom is -0.444 e. The molecule has 2 fully saturated rings. The molecule has 0 aromatic carbocycles. The number of ether oxygens (including phenoxy) is 2. The molecule has 0 radical (unpaired) electrons. The molecular formula is C11H19NO3. The molecule has 1 aliphatic heterocycles. The molecule has 1 saturated carbocycles. The highest BCUT2D eigenvalue weighted by molar-refractivity contribution is 5.70. The Labute approximate surface area is 90.5 Å². The fourth-order valence-corrected chi connectivity index (χ4v) is 1.89. The first kappa shape index (κ1) is 10.7. The van der Waals surface area contributed by atoms with E-state index in [2.05, 4.69) is 0 Å². The summed E-state index contributed by atoms with van der Waals surface area (Å²) >= 11 is 0. The Morgan fingerprint density at radius 3 is 2.60 bits per heavy atom. The van der Waals surface area contributed by atoms with Crippen LogP contribution in [0.1, 0.15) is 33.6 Å². The molecule has 1 amide bonds. The van der Waals surface area contributed by atoms with Crippen molar-refractivity contribution in [1.29, 1.82) is 0 Å². The second-order valence-electron chi connectivity index (χ2n) is 5.41. The van der Waals surface area contributed by atoms with E-state index in [1.165, 1.54) is 0 Å². The van der Waals surface area contributed by atoms with Crippen LogP contribution in [0.4, 0.5) is 4.79 Å². The topological polar surface area (TPSA) is 38.8 Å². The minimum absolute atomic E-state index is 0.0272. The summed E-state index contributed by atoms with van der Waals surface area (Å²) in [6, 6.07) is 0. The van der Waals surface area contributed by atoms with Gasteiger partial charge in [-0.05, 0) is 33.6 Å². The zero-order valence-electron chi connectivity index (χ0n) is 9.71. The van der Waals surface area contributed by atoms with Gasteiger partial charge in [0.25, 0.3) is 0 Å². The number of hydrogen-bond donors (Lipinski definition) is 0. The van der Waals surface area contributed by atoms with Gasteiger partial charge in [-0.1, -0.05) is 0 Å².